The quantitative estimate of drug-likeness (QED) is 0.170. The number of benzene rings is 4. The van der Waals surface area contributed by atoms with E-state index in [-0.39, 0.29) is 12.3 Å². The molecule has 8 heteroatoms. The first-order chi connectivity index (χ1) is 24.8. The standard InChI is InChI=1S/C22H20ClN3O.C21H19ClN2/c23-17-4-1-3-16(13-17)22-25-19-6-2-5-18(19)20(26-22)11-14-7-9-15(10-8-14)12-21(24)27;1-14-8-10-15(11-9-14)12-20-18-6-3-7-19(18)23-21(24-20)16-4-2-5-17(22)13-16/h1,3-4,7-10,13H,2,5-6,11-12H2,(H2,24,27);2,4-5,8-11,13H,3,6-7,12H2,1H3. The number of primary amides is 1. The number of rotatable bonds is 8. The Balaban J connectivity index is 0.000000160. The molecule has 0 unspecified atom stereocenters. The zero-order valence-electron chi connectivity index (χ0n) is 28.6. The van der Waals surface area contributed by atoms with Gasteiger partial charge in [-0.1, -0.05) is 102 Å². The third-order valence-corrected chi connectivity index (χ3v) is 9.94. The van der Waals surface area contributed by atoms with Crippen LogP contribution in [0.1, 0.15) is 69.0 Å². The molecule has 2 aliphatic carbocycles. The number of nitrogens with two attached hydrogens (primary N) is 1. The van der Waals surface area contributed by atoms with Crippen LogP contribution in [0.2, 0.25) is 10.0 Å². The van der Waals surface area contributed by atoms with Gasteiger partial charge in [0.15, 0.2) is 11.6 Å². The van der Waals surface area contributed by atoms with Crippen molar-refractivity contribution >= 4 is 29.1 Å². The average Bonchev–Trinajstić information content (AvgIpc) is 3.81. The van der Waals surface area contributed by atoms with Crippen molar-refractivity contribution in [2.45, 2.75) is 64.7 Å². The van der Waals surface area contributed by atoms with Crippen LogP contribution < -0.4 is 5.73 Å². The predicted octanol–water partition coefficient (Wildman–Crippen LogP) is 9.09. The molecule has 0 atom stereocenters. The fraction of sp³-hybridized carbons (Fsp3) is 0.233. The molecule has 256 valence electrons. The Hall–Kier alpha value is -4.91. The second-order valence-electron chi connectivity index (χ2n) is 13.4. The number of hydrogen-bond donors (Lipinski definition) is 1. The van der Waals surface area contributed by atoms with Gasteiger partial charge in [0.2, 0.25) is 5.91 Å². The summed E-state index contributed by atoms with van der Waals surface area (Å²) in [7, 11) is 0. The molecule has 1 amide bonds. The monoisotopic (exact) mass is 711 g/mol. The Morgan fingerprint density at radius 1 is 0.608 bits per heavy atom. The van der Waals surface area contributed by atoms with E-state index in [1.807, 2.05) is 72.8 Å². The third-order valence-electron chi connectivity index (χ3n) is 9.47. The summed E-state index contributed by atoms with van der Waals surface area (Å²) >= 11 is 12.3. The van der Waals surface area contributed by atoms with Crippen molar-refractivity contribution in [2.75, 3.05) is 0 Å². The Morgan fingerprint density at radius 3 is 1.51 bits per heavy atom. The fourth-order valence-corrected chi connectivity index (χ4v) is 7.28. The maximum Gasteiger partial charge on any atom is 0.221 e. The van der Waals surface area contributed by atoms with Crippen LogP contribution in [-0.4, -0.2) is 25.8 Å². The third kappa shape index (κ3) is 8.53. The van der Waals surface area contributed by atoms with Gasteiger partial charge in [-0.15, -0.1) is 0 Å². The number of amides is 1. The highest BCUT2D eigenvalue weighted by Gasteiger charge is 2.21. The maximum absolute atomic E-state index is 11.1. The molecular weight excluding hydrogens is 673 g/mol. The zero-order chi connectivity index (χ0) is 35.3. The normalized spacial score (nSPS) is 12.9. The van der Waals surface area contributed by atoms with Gasteiger partial charge >= 0.3 is 0 Å². The van der Waals surface area contributed by atoms with Crippen LogP contribution in [0.3, 0.4) is 0 Å². The van der Waals surface area contributed by atoms with Crippen molar-refractivity contribution < 1.29 is 4.79 Å². The van der Waals surface area contributed by atoms with Gasteiger partial charge in [-0.25, -0.2) is 19.9 Å². The van der Waals surface area contributed by atoms with Gasteiger partial charge in [0.05, 0.1) is 17.8 Å². The summed E-state index contributed by atoms with van der Waals surface area (Å²) in [5.74, 6) is 1.21. The molecule has 2 aromatic heterocycles. The second kappa shape index (κ2) is 15.5. The van der Waals surface area contributed by atoms with Crippen LogP contribution in [0.4, 0.5) is 0 Å². The van der Waals surface area contributed by atoms with Gasteiger partial charge in [-0.05, 0) is 97.5 Å². The molecule has 2 aliphatic rings. The predicted molar refractivity (Wildman–Crippen MR) is 205 cm³/mol. The summed E-state index contributed by atoms with van der Waals surface area (Å²) in [6.45, 7) is 2.11. The number of carbonyl (C=O) groups is 1. The van der Waals surface area contributed by atoms with E-state index in [9.17, 15) is 4.79 Å². The van der Waals surface area contributed by atoms with Gasteiger partial charge < -0.3 is 5.73 Å². The van der Waals surface area contributed by atoms with Gasteiger partial charge in [0.1, 0.15) is 0 Å². The summed E-state index contributed by atoms with van der Waals surface area (Å²) in [6, 6.07) is 32.2. The van der Waals surface area contributed by atoms with Gasteiger partial charge in [0.25, 0.3) is 0 Å². The minimum Gasteiger partial charge on any atom is -0.369 e. The van der Waals surface area contributed by atoms with Crippen LogP contribution >= 0.6 is 23.2 Å². The summed E-state index contributed by atoms with van der Waals surface area (Å²) in [4.78, 5) is 30.5. The molecule has 4 aromatic carbocycles. The number of fused-ring (bicyclic) bond motifs is 2. The Bertz CT molecular complexity index is 2200. The fourth-order valence-electron chi connectivity index (χ4n) is 6.89. The highest BCUT2D eigenvalue weighted by atomic mass is 35.5. The van der Waals surface area contributed by atoms with E-state index in [0.717, 1.165) is 101 Å². The second-order valence-corrected chi connectivity index (χ2v) is 14.2. The Kier molecular flexibility index (Phi) is 10.5. The highest BCUT2D eigenvalue weighted by molar-refractivity contribution is 6.31. The van der Waals surface area contributed by atoms with Crippen LogP contribution in [0.25, 0.3) is 22.8 Å². The molecule has 0 bridgehead atoms. The molecule has 6 aromatic rings. The van der Waals surface area contributed by atoms with E-state index in [4.69, 9.17) is 48.9 Å². The number of nitrogens with zero attached hydrogens (tertiary/aromatic N) is 4. The molecule has 6 nitrogen and oxygen atoms in total. The van der Waals surface area contributed by atoms with E-state index in [1.54, 1.807) is 0 Å². The van der Waals surface area contributed by atoms with Crippen LogP contribution in [0.5, 0.6) is 0 Å². The highest BCUT2D eigenvalue weighted by Crippen LogP contribution is 2.30. The van der Waals surface area contributed by atoms with E-state index < -0.39 is 0 Å². The molecule has 0 saturated carbocycles. The van der Waals surface area contributed by atoms with Crippen LogP contribution in [0.15, 0.2) is 97.1 Å². The van der Waals surface area contributed by atoms with E-state index in [1.165, 1.54) is 34.4 Å². The number of aryl methyl sites for hydroxylation is 3. The molecule has 51 heavy (non-hydrogen) atoms. The zero-order valence-corrected chi connectivity index (χ0v) is 30.1. The molecule has 8 rings (SSSR count). The Labute approximate surface area is 309 Å². The van der Waals surface area contributed by atoms with Crippen molar-refractivity contribution in [1.29, 1.82) is 0 Å². The number of halogens is 2. The summed E-state index contributed by atoms with van der Waals surface area (Å²) in [5.41, 5.74) is 19.1. The lowest BCUT2D eigenvalue weighted by Crippen LogP contribution is -2.13. The van der Waals surface area contributed by atoms with Crippen molar-refractivity contribution in [2.24, 2.45) is 5.73 Å². The first-order valence-electron chi connectivity index (χ1n) is 17.5. The molecule has 2 heterocycles. The number of carbonyl (C=O) groups excluding carboxylic acids is 1. The molecular formula is C43H39Cl2N5O. The Morgan fingerprint density at radius 2 is 1.06 bits per heavy atom. The lowest BCUT2D eigenvalue weighted by atomic mass is 10.0. The molecule has 0 saturated heterocycles. The van der Waals surface area contributed by atoms with Gasteiger partial charge in [0, 0.05) is 45.4 Å². The smallest absolute Gasteiger partial charge is 0.221 e. The molecule has 0 radical (unpaired) electrons. The van der Waals surface area contributed by atoms with E-state index in [0.29, 0.717) is 5.02 Å². The van der Waals surface area contributed by atoms with Crippen LogP contribution in [0, 0.1) is 6.92 Å². The largest absolute Gasteiger partial charge is 0.369 e. The summed E-state index contributed by atoms with van der Waals surface area (Å²) in [6.07, 6.45) is 8.32. The minimum absolute atomic E-state index is 0.266. The summed E-state index contributed by atoms with van der Waals surface area (Å²) < 4.78 is 0. The molecule has 0 fully saturated rings. The average molecular weight is 713 g/mol. The maximum atomic E-state index is 11.1. The minimum atomic E-state index is -0.317. The van der Waals surface area contributed by atoms with Gasteiger partial charge in [-0.3, -0.25) is 4.79 Å². The first kappa shape index (κ1) is 34.5. The van der Waals surface area contributed by atoms with E-state index in [2.05, 4.69) is 31.2 Å². The molecule has 2 N–H and O–H groups in total. The lowest BCUT2D eigenvalue weighted by molar-refractivity contribution is -0.117. The van der Waals surface area contributed by atoms with Gasteiger partial charge in [-0.2, -0.15) is 0 Å². The molecule has 0 spiro atoms. The lowest BCUT2D eigenvalue weighted by Gasteiger charge is -2.11. The van der Waals surface area contributed by atoms with Crippen molar-refractivity contribution in [1.82, 2.24) is 19.9 Å². The van der Waals surface area contributed by atoms with Crippen molar-refractivity contribution in [3.63, 3.8) is 0 Å². The number of hydrogen-bond acceptors (Lipinski definition) is 5. The summed E-state index contributed by atoms with van der Waals surface area (Å²) in [5, 5.41) is 1.40. The van der Waals surface area contributed by atoms with Crippen LogP contribution in [-0.2, 0) is 49.7 Å². The SMILES string of the molecule is Cc1ccc(Cc2nc(-c3cccc(Cl)c3)nc3c2CCC3)cc1.NC(=O)Cc1ccc(Cc2nc(-c3cccc(Cl)c3)nc3c2CCC3)cc1. The first-order valence-corrected chi connectivity index (χ1v) is 18.2. The van der Waals surface area contributed by atoms with Crippen molar-refractivity contribution in [3.8, 4) is 22.8 Å². The van der Waals surface area contributed by atoms with Crippen molar-refractivity contribution in [3.05, 3.63) is 163 Å². The number of aromatic nitrogens is 4. The van der Waals surface area contributed by atoms with E-state index >= 15 is 0 Å². The topological polar surface area (TPSA) is 94.7 Å². The molecule has 0 aliphatic heterocycles.